The third kappa shape index (κ3) is 3.90. The summed E-state index contributed by atoms with van der Waals surface area (Å²) < 4.78 is 0. The zero-order chi connectivity index (χ0) is 14.4. The third-order valence-corrected chi connectivity index (χ3v) is 4.39. The van der Waals surface area contributed by atoms with E-state index < -0.39 is 0 Å². The van der Waals surface area contributed by atoms with E-state index in [9.17, 15) is 0 Å². The second-order valence-electron chi connectivity index (χ2n) is 5.19. The smallest absolute Gasteiger partial charge is 0.123 e. The van der Waals surface area contributed by atoms with Gasteiger partial charge in [-0.3, -0.25) is 0 Å². The molecule has 0 aliphatic rings. The molecule has 0 fully saturated rings. The highest BCUT2D eigenvalue weighted by molar-refractivity contribution is 7.15. The fourth-order valence-electron chi connectivity index (χ4n) is 2.23. The molecule has 0 radical (unpaired) electrons. The highest BCUT2D eigenvalue weighted by atomic mass is 32.1. The van der Waals surface area contributed by atoms with E-state index in [0.29, 0.717) is 0 Å². The summed E-state index contributed by atoms with van der Waals surface area (Å²) in [6.07, 6.45) is 3.40. The highest BCUT2D eigenvalue weighted by Crippen LogP contribution is 2.29. The second kappa shape index (κ2) is 7.55. The molecule has 0 bridgehead atoms. The Morgan fingerprint density at radius 2 is 2.05 bits per heavy atom. The number of rotatable bonds is 7. The van der Waals surface area contributed by atoms with Crippen molar-refractivity contribution in [1.29, 1.82) is 0 Å². The summed E-state index contributed by atoms with van der Waals surface area (Å²) in [4.78, 5) is 6.27. The summed E-state index contributed by atoms with van der Waals surface area (Å²) >= 11 is 1.84. The Kier molecular flexibility index (Phi) is 5.74. The molecule has 0 unspecified atom stereocenters. The molecule has 108 valence electrons. The van der Waals surface area contributed by atoms with E-state index in [1.165, 1.54) is 28.1 Å². The maximum absolute atomic E-state index is 4.87. The normalized spacial score (nSPS) is 10.9. The molecule has 2 aromatic rings. The van der Waals surface area contributed by atoms with Crippen molar-refractivity contribution in [3.05, 3.63) is 40.4 Å². The zero-order valence-electron chi connectivity index (χ0n) is 12.7. The van der Waals surface area contributed by atoms with Gasteiger partial charge in [-0.05, 0) is 32.4 Å². The maximum Gasteiger partial charge on any atom is 0.123 e. The van der Waals surface area contributed by atoms with Crippen LogP contribution in [0.4, 0.5) is 0 Å². The monoisotopic (exact) mass is 288 g/mol. The topological polar surface area (TPSA) is 24.9 Å². The van der Waals surface area contributed by atoms with E-state index in [4.69, 9.17) is 4.98 Å². The van der Waals surface area contributed by atoms with Crippen molar-refractivity contribution in [3.8, 4) is 10.6 Å². The molecular weight excluding hydrogens is 264 g/mol. The molecule has 0 saturated heterocycles. The first kappa shape index (κ1) is 15.2. The number of hydrogen-bond acceptors (Lipinski definition) is 3. The van der Waals surface area contributed by atoms with Crippen molar-refractivity contribution in [2.75, 3.05) is 6.54 Å². The number of benzene rings is 1. The predicted octanol–water partition coefficient (Wildman–Crippen LogP) is 4.57. The van der Waals surface area contributed by atoms with Gasteiger partial charge in [-0.25, -0.2) is 4.98 Å². The number of aromatic nitrogens is 1. The molecule has 0 aliphatic heterocycles. The van der Waals surface area contributed by atoms with Crippen molar-refractivity contribution in [2.24, 2.45) is 0 Å². The van der Waals surface area contributed by atoms with Gasteiger partial charge in [0, 0.05) is 17.0 Å². The van der Waals surface area contributed by atoms with Crippen LogP contribution in [0.25, 0.3) is 10.6 Å². The Labute approximate surface area is 126 Å². The number of nitrogens with one attached hydrogen (secondary N) is 1. The van der Waals surface area contributed by atoms with Crippen molar-refractivity contribution in [2.45, 2.75) is 46.6 Å². The number of thiazole rings is 1. The molecule has 1 aromatic heterocycles. The van der Waals surface area contributed by atoms with Crippen LogP contribution in [0.15, 0.2) is 24.3 Å². The first-order valence-electron chi connectivity index (χ1n) is 7.51. The Balaban J connectivity index is 2.23. The van der Waals surface area contributed by atoms with E-state index >= 15 is 0 Å². The van der Waals surface area contributed by atoms with Gasteiger partial charge in [0.1, 0.15) is 5.01 Å². The van der Waals surface area contributed by atoms with Gasteiger partial charge in [-0.2, -0.15) is 0 Å². The summed E-state index contributed by atoms with van der Waals surface area (Å²) in [6.45, 7) is 8.57. The standard InChI is InChI=1S/C17H24N2S/c1-4-7-15-16(12-18-10-5-2)20-17(19-15)14-9-6-8-13(3)11-14/h6,8-9,11,18H,4-5,7,10,12H2,1-3H3. The fraction of sp³-hybridized carbons (Fsp3) is 0.471. The first-order valence-corrected chi connectivity index (χ1v) is 8.32. The molecule has 0 atom stereocenters. The average Bonchev–Trinajstić information content (AvgIpc) is 2.83. The van der Waals surface area contributed by atoms with Gasteiger partial charge in [0.25, 0.3) is 0 Å². The van der Waals surface area contributed by atoms with Crippen LogP contribution < -0.4 is 5.32 Å². The minimum Gasteiger partial charge on any atom is -0.312 e. The molecule has 2 rings (SSSR count). The van der Waals surface area contributed by atoms with Gasteiger partial charge in [0.15, 0.2) is 0 Å². The quantitative estimate of drug-likeness (QED) is 0.755. The van der Waals surface area contributed by atoms with Gasteiger partial charge < -0.3 is 5.32 Å². The van der Waals surface area contributed by atoms with Gasteiger partial charge in [-0.1, -0.05) is 44.0 Å². The summed E-state index contributed by atoms with van der Waals surface area (Å²) in [7, 11) is 0. The summed E-state index contributed by atoms with van der Waals surface area (Å²) in [5.41, 5.74) is 3.81. The van der Waals surface area contributed by atoms with Gasteiger partial charge in [0.2, 0.25) is 0 Å². The minimum absolute atomic E-state index is 0.951. The minimum atomic E-state index is 0.951. The van der Waals surface area contributed by atoms with E-state index in [2.05, 4.69) is 50.4 Å². The van der Waals surface area contributed by atoms with Crippen molar-refractivity contribution in [3.63, 3.8) is 0 Å². The molecule has 0 spiro atoms. The van der Waals surface area contributed by atoms with Crippen LogP contribution in [0, 0.1) is 6.92 Å². The molecule has 20 heavy (non-hydrogen) atoms. The van der Waals surface area contributed by atoms with Crippen LogP contribution in [0.5, 0.6) is 0 Å². The number of nitrogens with zero attached hydrogens (tertiary/aromatic N) is 1. The van der Waals surface area contributed by atoms with Crippen molar-refractivity contribution in [1.82, 2.24) is 10.3 Å². The number of hydrogen-bond donors (Lipinski definition) is 1. The van der Waals surface area contributed by atoms with Crippen LogP contribution in [-0.4, -0.2) is 11.5 Å². The molecular formula is C17H24N2S. The molecule has 2 nitrogen and oxygen atoms in total. The molecule has 0 saturated carbocycles. The molecule has 1 aromatic carbocycles. The lowest BCUT2D eigenvalue weighted by Gasteiger charge is -2.02. The maximum atomic E-state index is 4.87. The van der Waals surface area contributed by atoms with Crippen LogP contribution >= 0.6 is 11.3 Å². The Morgan fingerprint density at radius 1 is 1.20 bits per heavy atom. The van der Waals surface area contributed by atoms with Gasteiger partial charge in [-0.15, -0.1) is 11.3 Å². The molecule has 0 aliphatic carbocycles. The second-order valence-corrected chi connectivity index (χ2v) is 6.27. The van der Waals surface area contributed by atoms with Crippen LogP contribution in [-0.2, 0) is 13.0 Å². The molecule has 1 N–H and O–H groups in total. The SMILES string of the molecule is CCCNCc1sc(-c2cccc(C)c2)nc1CCC. The summed E-state index contributed by atoms with van der Waals surface area (Å²) in [5.74, 6) is 0. The van der Waals surface area contributed by atoms with Crippen LogP contribution in [0.3, 0.4) is 0 Å². The Morgan fingerprint density at radius 3 is 2.75 bits per heavy atom. The van der Waals surface area contributed by atoms with Gasteiger partial charge >= 0.3 is 0 Å². The van der Waals surface area contributed by atoms with E-state index in [0.717, 1.165) is 30.9 Å². The van der Waals surface area contributed by atoms with E-state index in [1.807, 2.05) is 11.3 Å². The lowest BCUT2D eigenvalue weighted by Crippen LogP contribution is -2.13. The fourth-order valence-corrected chi connectivity index (χ4v) is 3.31. The van der Waals surface area contributed by atoms with Crippen molar-refractivity contribution < 1.29 is 0 Å². The van der Waals surface area contributed by atoms with Crippen molar-refractivity contribution >= 4 is 11.3 Å². The highest BCUT2D eigenvalue weighted by Gasteiger charge is 2.11. The van der Waals surface area contributed by atoms with E-state index in [-0.39, 0.29) is 0 Å². The average molecular weight is 288 g/mol. The Bertz CT molecular complexity index is 546. The van der Waals surface area contributed by atoms with E-state index in [1.54, 1.807) is 0 Å². The third-order valence-electron chi connectivity index (χ3n) is 3.24. The molecule has 0 amide bonds. The Hall–Kier alpha value is -1.19. The predicted molar refractivity (Wildman–Crippen MR) is 88.3 cm³/mol. The molecule has 1 heterocycles. The largest absolute Gasteiger partial charge is 0.312 e. The van der Waals surface area contributed by atoms with Crippen LogP contribution in [0.2, 0.25) is 0 Å². The van der Waals surface area contributed by atoms with Crippen LogP contribution in [0.1, 0.15) is 42.8 Å². The number of aryl methyl sites for hydroxylation is 2. The summed E-state index contributed by atoms with van der Waals surface area (Å²) in [6, 6.07) is 8.62. The molecule has 3 heteroatoms. The lowest BCUT2D eigenvalue weighted by atomic mass is 10.1. The zero-order valence-corrected chi connectivity index (χ0v) is 13.5. The first-order chi connectivity index (χ1) is 9.74. The summed E-state index contributed by atoms with van der Waals surface area (Å²) in [5, 5.41) is 4.65. The lowest BCUT2D eigenvalue weighted by molar-refractivity contribution is 0.674. The van der Waals surface area contributed by atoms with Gasteiger partial charge in [0.05, 0.1) is 5.69 Å².